The second kappa shape index (κ2) is 7.45. The summed E-state index contributed by atoms with van der Waals surface area (Å²) in [4.78, 5) is 12.2. The van der Waals surface area contributed by atoms with E-state index >= 15 is 0 Å². The van der Waals surface area contributed by atoms with Crippen molar-refractivity contribution in [2.75, 3.05) is 12.4 Å². The summed E-state index contributed by atoms with van der Waals surface area (Å²) in [5.74, 6) is 0.278. The lowest BCUT2D eigenvalue weighted by molar-refractivity contribution is -0.137. The van der Waals surface area contributed by atoms with Crippen molar-refractivity contribution in [3.8, 4) is 17.2 Å². The first-order chi connectivity index (χ1) is 12.9. The Balaban J connectivity index is 1.92. The first-order valence-corrected chi connectivity index (χ1v) is 7.75. The minimum atomic E-state index is -4.57. The molecule has 0 spiro atoms. The fraction of sp³-hybridized carbons (Fsp3) is 0.105. The van der Waals surface area contributed by atoms with E-state index in [4.69, 9.17) is 13.9 Å². The molecule has 1 N–H and O–H groups in total. The van der Waals surface area contributed by atoms with Crippen LogP contribution in [-0.2, 0) is 6.18 Å². The SMILES string of the molecule is COc1ccc(Oc2ccc(C(F)(F)F)cc2NC(=O)c2ccco2)cc1. The number of carbonyl (C=O) groups excluding carboxylic acids is 1. The van der Waals surface area contributed by atoms with E-state index in [1.807, 2.05) is 0 Å². The largest absolute Gasteiger partial charge is 0.497 e. The first-order valence-electron chi connectivity index (χ1n) is 7.75. The number of hydrogen-bond donors (Lipinski definition) is 1. The summed E-state index contributed by atoms with van der Waals surface area (Å²) in [6.07, 6.45) is -3.28. The van der Waals surface area contributed by atoms with Gasteiger partial charge in [-0.1, -0.05) is 0 Å². The van der Waals surface area contributed by atoms with Gasteiger partial charge in [0.1, 0.15) is 11.5 Å². The van der Waals surface area contributed by atoms with E-state index in [0.717, 1.165) is 18.2 Å². The number of amides is 1. The maximum absolute atomic E-state index is 13.0. The fourth-order valence-electron chi connectivity index (χ4n) is 2.26. The van der Waals surface area contributed by atoms with Crippen molar-refractivity contribution in [3.63, 3.8) is 0 Å². The predicted molar refractivity (Wildman–Crippen MR) is 91.2 cm³/mol. The zero-order chi connectivity index (χ0) is 19.4. The first kappa shape index (κ1) is 18.4. The number of furan rings is 1. The molecule has 0 unspecified atom stereocenters. The maximum Gasteiger partial charge on any atom is 0.416 e. The van der Waals surface area contributed by atoms with Gasteiger partial charge in [0, 0.05) is 0 Å². The predicted octanol–water partition coefficient (Wildman–Crippen LogP) is 5.35. The molecule has 0 radical (unpaired) electrons. The Bertz CT molecular complexity index is 919. The topological polar surface area (TPSA) is 60.7 Å². The summed E-state index contributed by atoms with van der Waals surface area (Å²) in [7, 11) is 1.51. The molecule has 5 nitrogen and oxygen atoms in total. The van der Waals surface area contributed by atoms with Crippen LogP contribution in [0.1, 0.15) is 16.1 Å². The summed E-state index contributed by atoms with van der Waals surface area (Å²) in [5, 5.41) is 2.39. The van der Waals surface area contributed by atoms with Crippen LogP contribution in [-0.4, -0.2) is 13.0 Å². The van der Waals surface area contributed by atoms with E-state index < -0.39 is 17.6 Å². The number of methoxy groups -OCH3 is 1. The second-order valence-corrected chi connectivity index (χ2v) is 5.42. The van der Waals surface area contributed by atoms with Crippen molar-refractivity contribution < 1.29 is 31.9 Å². The average Bonchev–Trinajstić information content (AvgIpc) is 3.18. The van der Waals surface area contributed by atoms with Crippen molar-refractivity contribution >= 4 is 11.6 Å². The fourth-order valence-corrected chi connectivity index (χ4v) is 2.26. The third kappa shape index (κ3) is 4.41. The Kier molecular flexibility index (Phi) is 5.07. The number of nitrogens with one attached hydrogen (secondary N) is 1. The van der Waals surface area contributed by atoms with Gasteiger partial charge in [0.05, 0.1) is 24.6 Å². The molecule has 0 fully saturated rings. The van der Waals surface area contributed by atoms with Gasteiger partial charge in [-0.05, 0) is 54.6 Å². The molecule has 1 aromatic heterocycles. The molecule has 140 valence electrons. The highest BCUT2D eigenvalue weighted by Gasteiger charge is 2.31. The van der Waals surface area contributed by atoms with E-state index in [2.05, 4.69) is 5.32 Å². The number of hydrogen-bond acceptors (Lipinski definition) is 4. The monoisotopic (exact) mass is 377 g/mol. The summed E-state index contributed by atoms with van der Waals surface area (Å²) in [6, 6.07) is 12.2. The Labute approximate surface area is 152 Å². The molecular formula is C19H14F3NO4. The number of ether oxygens (including phenoxy) is 2. The van der Waals surface area contributed by atoms with Crippen molar-refractivity contribution in [3.05, 3.63) is 72.2 Å². The lowest BCUT2D eigenvalue weighted by Gasteiger charge is -2.15. The summed E-state index contributed by atoms with van der Waals surface area (Å²) in [6.45, 7) is 0. The van der Waals surface area contributed by atoms with Crippen molar-refractivity contribution in [2.45, 2.75) is 6.18 Å². The second-order valence-electron chi connectivity index (χ2n) is 5.42. The minimum absolute atomic E-state index is 0.0391. The Morgan fingerprint density at radius 2 is 1.74 bits per heavy atom. The molecule has 0 aliphatic rings. The van der Waals surface area contributed by atoms with Crippen LogP contribution in [0, 0.1) is 0 Å². The number of halogens is 3. The quantitative estimate of drug-likeness (QED) is 0.651. The molecule has 3 aromatic rings. The molecular weight excluding hydrogens is 363 g/mol. The van der Waals surface area contributed by atoms with Gasteiger partial charge >= 0.3 is 6.18 Å². The third-order valence-electron chi connectivity index (χ3n) is 3.59. The van der Waals surface area contributed by atoms with E-state index in [1.165, 1.54) is 25.5 Å². The molecule has 1 amide bonds. The number of anilines is 1. The van der Waals surface area contributed by atoms with E-state index in [1.54, 1.807) is 24.3 Å². The molecule has 0 saturated carbocycles. The Hall–Kier alpha value is -3.42. The van der Waals surface area contributed by atoms with E-state index in [-0.39, 0.29) is 17.2 Å². The molecule has 27 heavy (non-hydrogen) atoms. The van der Waals surface area contributed by atoms with Gasteiger partial charge in [-0.3, -0.25) is 4.79 Å². The number of alkyl halides is 3. The van der Waals surface area contributed by atoms with Gasteiger partial charge < -0.3 is 19.2 Å². The van der Waals surface area contributed by atoms with E-state index in [0.29, 0.717) is 11.5 Å². The van der Waals surface area contributed by atoms with Gasteiger partial charge in [0.25, 0.3) is 5.91 Å². The summed E-state index contributed by atoms with van der Waals surface area (Å²) < 4.78 is 54.7. The highest BCUT2D eigenvalue weighted by atomic mass is 19.4. The maximum atomic E-state index is 13.0. The van der Waals surface area contributed by atoms with Gasteiger partial charge in [0.15, 0.2) is 11.5 Å². The van der Waals surface area contributed by atoms with Gasteiger partial charge in [0.2, 0.25) is 0 Å². The van der Waals surface area contributed by atoms with Crippen LogP contribution in [0.3, 0.4) is 0 Å². The molecule has 1 heterocycles. The smallest absolute Gasteiger partial charge is 0.416 e. The zero-order valence-electron chi connectivity index (χ0n) is 14.0. The van der Waals surface area contributed by atoms with Crippen LogP contribution < -0.4 is 14.8 Å². The summed E-state index contributed by atoms with van der Waals surface area (Å²) in [5.41, 5.74) is -1.05. The molecule has 0 atom stereocenters. The van der Waals surface area contributed by atoms with Crippen molar-refractivity contribution in [1.29, 1.82) is 0 Å². The van der Waals surface area contributed by atoms with Gasteiger partial charge in [-0.25, -0.2) is 0 Å². The normalized spacial score (nSPS) is 11.1. The molecule has 8 heteroatoms. The van der Waals surface area contributed by atoms with E-state index in [9.17, 15) is 18.0 Å². The lowest BCUT2D eigenvalue weighted by Crippen LogP contribution is -2.13. The number of carbonyl (C=O) groups is 1. The number of benzene rings is 2. The van der Waals surface area contributed by atoms with Crippen LogP contribution in [0.15, 0.2) is 65.3 Å². The molecule has 0 bridgehead atoms. The zero-order valence-corrected chi connectivity index (χ0v) is 14.0. The van der Waals surface area contributed by atoms with Crippen LogP contribution >= 0.6 is 0 Å². The summed E-state index contributed by atoms with van der Waals surface area (Å²) >= 11 is 0. The number of rotatable bonds is 5. The highest BCUT2D eigenvalue weighted by Crippen LogP contribution is 2.37. The molecule has 0 aliphatic heterocycles. The Morgan fingerprint density at radius 3 is 2.33 bits per heavy atom. The highest BCUT2D eigenvalue weighted by molar-refractivity contribution is 6.03. The van der Waals surface area contributed by atoms with Gasteiger partial charge in [-0.2, -0.15) is 13.2 Å². The lowest BCUT2D eigenvalue weighted by atomic mass is 10.1. The standard InChI is InChI=1S/C19H14F3NO4/c1-25-13-5-7-14(8-6-13)27-16-9-4-12(19(20,21)22)11-15(16)23-18(24)17-3-2-10-26-17/h2-11H,1H3,(H,23,24). The van der Waals surface area contributed by atoms with Crippen LogP contribution in [0.5, 0.6) is 17.2 Å². The van der Waals surface area contributed by atoms with Gasteiger partial charge in [-0.15, -0.1) is 0 Å². The van der Waals surface area contributed by atoms with Crippen LogP contribution in [0.4, 0.5) is 18.9 Å². The molecule has 0 aliphatic carbocycles. The minimum Gasteiger partial charge on any atom is -0.497 e. The molecule has 2 aromatic carbocycles. The van der Waals surface area contributed by atoms with Crippen molar-refractivity contribution in [1.82, 2.24) is 0 Å². The molecule has 0 saturated heterocycles. The average molecular weight is 377 g/mol. The molecule has 3 rings (SSSR count). The van der Waals surface area contributed by atoms with Crippen LogP contribution in [0.25, 0.3) is 0 Å². The van der Waals surface area contributed by atoms with Crippen molar-refractivity contribution in [2.24, 2.45) is 0 Å². The Morgan fingerprint density at radius 1 is 1.04 bits per heavy atom. The van der Waals surface area contributed by atoms with Crippen LogP contribution in [0.2, 0.25) is 0 Å². The third-order valence-corrected chi connectivity index (χ3v) is 3.59.